The third-order valence-electron chi connectivity index (χ3n) is 4.75. The quantitative estimate of drug-likeness (QED) is 0.855. The molecule has 1 aromatic rings. The van der Waals surface area contributed by atoms with Gasteiger partial charge in [0.05, 0.1) is 17.4 Å². The van der Waals surface area contributed by atoms with Crippen molar-refractivity contribution in [2.45, 2.75) is 19.8 Å². The van der Waals surface area contributed by atoms with Crippen LogP contribution in [0.3, 0.4) is 0 Å². The largest absolute Gasteiger partial charge is 0.396 e. The van der Waals surface area contributed by atoms with Crippen LogP contribution in [0, 0.1) is 11.8 Å². The number of carbonyl (C=O) groups is 2. The molecule has 0 aliphatic carbocycles. The second kappa shape index (κ2) is 6.76. The van der Waals surface area contributed by atoms with Crippen molar-refractivity contribution in [1.29, 1.82) is 0 Å². The molecule has 0 spiro atoms. The lowest BCUT2D eigenvalue weighted by Crippen LogP contribution is -2.41. The van der Waals surface area contributed by atoms with E-state index in [0.717, 1.165) is 17.1 Å². The Labute approximate surface area is 147 Å². The normalized spacial score (nSPS) is 26.1. The Kier molecular flexibility index (Phi) is 4.83. The van der Waals surface area contributed by atoms with Crippen LogP contribution in [0.4, 0.5) is 5.69 Å². The van der Waals surface area contributed by atoms with Crippen LogP contribution in [-0.2, 0) is 14.8 Å². The summed E-state index contributed by atoms with van der Waals surface area (Å²) in [6.07, 6.45) is 1.71. The van der Waals surface area contributed by atoms with Gasteiger partial charge in [0.2, 0.25) is 15.9 Å². The van der Waals surface area contributed by atoms with E-state index in [0.29, 0.717) is 18.7 Å². The van der Waals surface area contributed by atoms with Gasteiger partial charge in [-0.2, -0.15) is 0 Å². The van der Waals surface area contributed by atoms with Crippen molar-refractivity contribution < 1.29 is 23.1 Å². The molecule has 2 amide bonds. The fraction of sp³-hybridized carbons (Fsp3) is 0.529. The molecule has 136 valence electrons. The smallest absolute Gasteiger partial charge is 0.253 e. The minimum absolute atomic E-state index is 0.0439. The average molecular weight is 366 g/mol. The maximum atomic E-state index is 12.7. The van der Waals surface area contributed by atoms with E-state index in [1.807, 2.05) is 0 Å². The number of hydrogen-bond donors (Lipinski definition) is 1. The van der Waals surface area contributed by atoms with Crippen molar-refractivity contribution in [2.75, 3.05) is 29.8 Å². The lowest BCUT2D eigenvalue weighted by Gasteiger charge is -2.32. The van der Waals surface area contributed by atoms with Gasteiger partial charge in [-0.3, -0.25) is 9.59 Å². The molecule has 2 aliphatic heterocycles. The number of likely N-dealkylation sites (tertiary alicyclic amines) is 1. The van der Waals surface area contributed by atoms with Crippen LogP contribution in [0.5, 0.6) is 0 Å². The van der Waals surface area contributed by atoms with Crippen molar-refractivity contribution in [2.24, 2.45) is 11.8 Å². The molecule has 0 radical (unpaired) electrons. The summed E-state index contributed by atoms with van der Waals surface area (Å²) in [5.74, 6) is -1.41. The molecule has 0 aromatic heterocycles. The molecule has 3 rings (SSSR count). The summed E-state index contributed by atoms with van der Waals surface area (Å²) in [6.45, 7) is 2.72. The first-order valence-electron chi connectivity index (χ1n) is 8.40. The summed E-state index contributed by atoms with van der Waals surface area (Å²) in [4.78, 5) is 26.6. The van der Waals surface area contributed by atoms with E-state index in [2.05, 4.69) is 0 Å². The predicted octanol–water partition coefficient (Wildman–Crippen LogP) is 0.844. The van der Waals surface area contributed by atoms with E-state index < -0.39 is 21.8 Å². The monoisotopic (exact) mass is 366 g/mol. The Hall–Kier alpha value is -1.93. The Morgan fingerprint density at radius 1 is 1.36 bits per heavy atom. The van der Waals surface area contributed by atoms with Gasteiger partial charge in [-0.15, -0.1) is 0 Å². The highest BCUT2D eigenvalue weighted by atomic mass is 32.2. The molecule has 0 bridgehead atoms. The minimum atomic E-state index is -3.69. The first kappa shape index (κ1) is 17.9. The van der Waals surface area contributed by atoms with E-state index >= 15 is 0 Å². The molecule has 2 unspecified atom stereocenters. The molecule has 2 atom stereocenters. The second-order valence-electron chi connectivity index (χ2n) is 6.77. The van der Waals surface area contributed by atoms with Crippen LogP contribution in [-0.4, -0.2) is 55.7 Å². The van der Waals surface area contributed by atoms with Crippen molar-refractivity contribution in [3.8, 4) is 0 Å². The topological polar surface area (TPSA) is 95.0 Å². The van der Waals surface area contributed by atoms with Crippen molar-refractivity contribution in [3.05, 3.63) is 29.8 Å². The number of hydrogen-bond acceptors (Lipinski definition) is 5. The molecular weight excluding hydrogens is 344 g/mol. The van der Waals surface area contributed by atoms with Crippen molar-refractivity contribution in [3.63, 3.8) is 0 Å². The zero-order valence-electron chi connectivity index (χ0n) is 14.1. The van der Waals surface area contributed by atoms with E-state index in [9.17, 15) is 23.1 Å². The molecule has 0 saturated carbocycles. The van der Waals surface area contributed by atoms with Crippen molar-refractivity contribution in [1.82, 2.24) is 4.90 Å². The Morgan fingerprint density at radius 3 is 2.76 bits per heavy atom. The fourth-order valence-corrected chi connectivity index (χ4v) is 5.25. The van der Waals surface area contributed by atoms with E-state index in [1.165, 1.54) is 12.1 Å². The molecule has 8 heteroatoms. The van der Waals surface area contributed by atoms with Gasteiger partial charge >= 0.3 is 0 Å². The minimum Gasteiger partial charge on any atom is -0.396 e. The van der Waals surface area contributed by atoms with Gasteiger partial charge in [0.25, 0.3) is 5.91 Å². The van der Waals surface area contributed by atoms with Crippen LogP contribution >= 0.6 is 0 Å². The van der Waals surface area contributed by atoms with E-state index in [1.54, 1.807) is 24.0 Å². The van der Waals surface area contributed by atoms with Gasteiger partial charge < -0.3 is 10.0 Å². The maximum Gasteiger partial charge on any atom is 0.253 e. The second-order valence-corrected chi connectivity index (χ2v) is 8.64. The Morgan fingerprint density at radius 2 is 2.12 bits per heavy atom. The van der Waals surface area contributed by atoms with Crippen LogP contribution < -0.4 is 4.31 Å². The summed E-state index contributed by atoms with van der Waals surface area (Å²) in [5, 5.41) is 9.31. The zero-order chi connectivity index (χ0) is 18.2. The number of anilines is 1. The van der Waals surface area contributed by atoms with E-state index in [-0.39, 0.29) is 29.9 Å². The zero-order valence-corrected chi connectivity index (χ0v) is 14.9. The number of aliphatic hydroxyl groups is 1. The van der Waals surface area contributed by atoms with Gasteiger partial charge in [-0.25, -0.2) is 12.7 Å². The molecule has 7 nitrogen and oxygen atoms in total. The number of carbonyl (C=O) groups excluding carboxylic acids is 2. The van der Waals surface area contributed by atoms with Gasteiger partial charge in [0, 0.05) is 25.3 Å². The first-order valence-corrected chi connectivity index (χ1v) is 10.0. The molecular formula is C17H22N2O5S. The van der Waals surface area contributed by atoms with Gasteiger partial charge in [-0.05, 0) is 37.0 Å². The molecule has 2 aliphatic rings. The number of rotatable bonds is 3. The highest BCUT2D eigenvalue weighted by Crippen LogP contribution is 2.29. The third kappa shape index (κ3) is 3.41. The molecule has 2 heterocycles. The number of amides is 2. The molecule has 2 saturated heterocycles. The highest BCUT2D eigenvalue weighted by molar-refractivity contribution is 7.94. The fourth-order valence-electron chi connectivity index (χ4n) is 3.43. The molecule has 2 fully saturated rings. The van der Waals surface area contributed by atoms with Gasteiger partial charge in [-0.1, -0.05) is 13.0 Å². The van der Waals surface area contributed by atoms with Gasteiger partial charge in [0.1, 0.15) is 0 Å². The highest BCUT2D eigenvalue weighted by Gasteiger charge is 2.42. The number of aliphatic hydroxyl groups excluding tert-OH is 1. The SMILES string of the molecule is CC1CS(=O)(=O)N(c2cccc(C(=O)N3CCCC(CO)C3)c2)C1=O. The third-order valence-corrected chi connectivity index (χ3v) is 6.62. The Balaban J connectivity index is 1.87. The first-order chi connectivity index (χ1) is 11.8. The summed E-state index contributed by atoms with van der Waals surface area (Å²) in [5.41, 5.74) is 0.551. The number of sulfonamides is 1. The number of benzene rings is 1. The summed E-state index contributed by atoms with van der Waals surface area (Å²) < 4.78 is 25.3. The summed E-state index contributed by atoms with van der Waals surface area (Å²) in [7, 11) is -3.69. The van der Waals surface area contributed by atoms with E-state index in [4.69, 9.17) is 0 Å². The summed E-state index contributed by atoms with van der Waals surface area (Å²) in [6, 6.07) is 6.18. The lowest BCUT2D eigenvalue weighted by atomic mass is 9.98. The molecule has 1 N–H and O–H groups in total. The molecule has 1 aromatic carbocycles. The van der Waals surface area contributed by atoms with Crippen molar-refractivity contribution >= 4 is 27.5 Å². The lowest BCUT2D eigenvalue weighted by molar-refractivity contribution is -0.119. The summed E-state index contributed by atoms with van der Waals surface area (Å²) >= 11 is 0. The van der Waals surface area contributed by atoms with Crippen LogP contribution in [0.15, 0.2) is 24.3 Å². The Bertz CT molecular complexity index is 792. The maximum absolute atomic E-state index is 12.7. The standard InChI is InChI=1S/C17H22N2O5S/c1-12-11-25(23,24)19(16(12)21)15-6-2-5-14(8-15)17(22)18-7-3-4-13(9-18)10-20/h2,5-6,8,12-13,20H,3-4,7,9-11H2,1H3. The molecule has 25 heavy (non-hydrogen) atoms. The average Bonchev–Trinajstić information content (AvgIpc) is 2.81. The van der Waals surface area contributed by atoms with Crippen LogP contribution in [0.1, 0.15) is 30.1 Å². The number of piperidine rings is 1. The predicted molar refractivity (Wildman–Crippen MR) is 92.6 cm³/mol. The van der Waals surface area contributed by atoms with Crippen LogP contribution in [0.25, 0.3) is 0 Å². The van der Waals surface area contributed by atoms with Gasteiger partial charge in [0.15, 0.2) is 0 Å². The number of nitrogens with zero attached hydrogens (tertiary/aromatic N) is 2. The van der Waals surface area contributed by atoms with Crippen LogP contribution in [0.2, 0.25) is 0 Å².